The first-order chi connectivity index (χ1) is 12.3. The Morgan fingerprint density at radius 2 is 1.92 bits per heavy atom. The van der Waals surface area contributed by atoms with Crippen molar-refractivity contribution in [3.05, 3.63) is 69.6 Å². The van der Waals surface area contributed by atoms with Gasteiger partial charge in [0.1, 0.15) is 5.82 Å². The third-order valence-corrected chi connectivity index (χ3v) is 4.16. The molecule has 3 rings (SSSR count). The molecule has 3 aromatic rings. The maximum Gasteiger partial charge on any atom is 0.280 e. The predicted molar refractivity (Wildman–Crippen MR) is 98.8 cm³/mol. The lowest BCUT2D eigenvalue weighted by atomic mass is 10.1. The van der Waals surface area contributed by atoms with E-state index in [9.17, 15) is 9.18 Å². The van der Waals surface area contributed by atoms with Crippen molar-refractivity contribution in [2.45, 2.75) is 20.4 Å². The zero-order valence-corrected chi connectivity index (χ0v) is 15.0. The van der Waals surface area contributed by atoms with Crippen LogP contribution in [0.25, 0.3) is 0 Å². The van der Waals surface area contributed by atoms with E-state index in [1.165, 1.54) is 22.9 Å². The molecule has 1 aromatic heterocycles. The van der Waals surface area contributed by atoms with E-state index in [-0.39, 0.29) is 23.1 Å². The minimum atomic E-state index is -0.455. The normalized spacial score (nSPS) is 10.8. The fourth-order valence-corrected chi connectivity index (χ4v) is 2.87. The van der Waals surface area contributed by atoms with Gasteiger partial charge in [0.15, 0.2) is 11.5 Å². The fourth-order valence-electron chi connectivity index (χ4n) is 2.65. The Bertz CT molecular complexity index is 965. The third kappa shape index (κ3) is 3.83. The highest BCUT2D eigenvalue weighted by Crippen LogP contribution is 2.21. The molecular weight excluding hydrogens is 357 g/mol. The van der Waals surface area contributed by atoms with Crippen molar-refractivity contribution in [1.29, 1.82) is 0 Å². The summed E-state index contributed by atoms with van der Waals surface area (Å²) in [6.07, 6.45) is 0. The molecule has 0 atom stereocenters. The minimum Gasteiger partial charge on any atom is -0.382 e. The largest absolute Gasteiger partial charge is 0.382 e. The smallest absolute Gasteiger partial charge is 0.280 e. The zero-order chi connectivity index (χ0) is 18.8. The van der Waals surface area contributed by atoms with Crippen molar-refractivity contribution in [2.24, 2.45) is 0 Å². The van der Waals surface area contributed by atoms with Crippen molar-refractivity contribution in [3.63, 3.8) is 0 Å². The number of halogens is 2. The molecule has 1 heterocycles. The maximum absolute atomic E-state index is 13.1. The molecule has 3 N–H and O–H groups in total. The molecule has 0 aliphatic heterocycles. The van der Waals surface area contributed by atoms with Crippen LogP contribution in [0.3, 0.4) is 0 Å². The van der Waals surface area contributed by atoms with E-state index < -0.39 is 11.7 Å². The van der Waals surface area contributed by atoms with Gasteiger partial charge in [-0.2, -0.15) is 0 Å². The molecule has 0 saturated heterocycles. The Hall–Kier alpha value is -2.93. The fraction of sp³-hybridized carbons (Fsp3) is 0.167. The van der Waals surface area contributed by atoms with Gasteiger partial charge in [0.25, 0.3) is 5.91 Å². The van der Waals surface area contributed by atoms with Crippen LogP contribution in [0.15, 0.2) is 36.4 Å². The number of rotatable bonds is 4. The first kappa shape index (κ1) is 17.9. The van der Waals surface area contributed by atoms with E-state index in [1.807, 2.05) is 32.0 Å². The topological polar surface area (TPSA) is 85.8 Å². The predicted octanol–water partition coefficient (Wildman–Crippen LogP) is 3.57. The number of nitrogens with zero attached hydrogens (tertiary/aromatic N) is 3. The van der Waals surface area contributed by atoms with Crippen LogP contribution in [0.4, 0.5) is 15.9 Å². The van der Waals surface area contributed by atoms with Crippen LogP contribution < -0.4 is 11.1 Å². The van der Waals surface area contributed by atoms with Gasteiger partial charge >= 0.3 is 0 Å². The Morgan fingerprint density at radius 3 is 2.58 bits per heavy atom. The summed E-state index contributed by atoms with van der Waals surface area (Å²) < 4.78 is 14.5. The molecule has 6 nitrogen and oxygen atoms in total. The van der Waals surface area contributed by atoms with Gasteiger partial charge in [0.05, 0.1) is 6.54 Å². The van der Waals surface area contributed by atoms with Gasteiger partial charge in [-0.1, -0.05) is 28.9 Å². The Morgan fingerprint density at radius 1 is 1.23 bits per heavy atom. The number of hydrogen-bond donors (Lipinski definition) is 2. The second-order valence-corrected chi connectivity index (χ2v) is 6.45. The number of nitrogens with one attached hydrogen (secondary N) is 1. The monoisotopic (exact) mass is 373 g/mol. The van der Waals surface area contributed by atoms with Crippen molar-refractivity contribution < 1.29 is 9.18 Å². The quantitative estimate of drug-likeness (QED) is 0.732. The van der Waals surface area contributed by atoms with E-state index in [0.29, 0.717) is 11.3 Å². The molecule has 26 heavy (non-hydrogen) atoms. The van der Waals surface area contributed by atoms with Gasteiger partial charge in [0, 0.05) is 10.7 Å². The van der Waals surface area contributed by atoms with Crippen LogP contribution >= 0.6 is 11.6 Å². The number of carbonyl (C=O) groups is 1. The molecule has 0 fully saturated rings. The molecule has 8 heteroatoms. The number of amides is 1. The van der Waals surface area contributed by atoms with Gasteiger partial charge in [-0.3, -0.25) is 4.79 Å². The molecule has 0 aliphatic rings. The van der Waals surface area contributed by atoms with E-state index >= 15 is 0 Å². The lowest BCUT2D eigenvalue weighted by Crippen LogP contribution is -2.15. The number of aromatic nitrogens is 3. The summed E-state index contributed by atoms with van der Waals surface area (Å²) in [5.41, 5.74) is 9.35. The molecule has 1 amide bonds. The summed E-state index contributed by atoms with van der Waals surface area (Å²) in [4.78, 5) is 12.5. The van der Waals surface area contributed by atoms with E-state index in [1.54, 1.807) is 0 Å². The Kier molecular flexibility index (Phi) is 4.90. The van der Waals surface area contributed by atoms with Crippen molar-refractivity contribution in [2.75, 3.05) is 11.1 Å². The minimum absolute atomic E-state index is 0.0161. The van der Waals surface area contributed by atoms with E-state index in [0.717, 1.165) is 11.1 Å². The zero-order valence-electron chi connectivity index (χ0n) is 14.3. The first-order valence-electron chi connectivity index (χ1n) is 7.86. The second-order valence-electron chi connectivity index (χ2n) is 6.05. The number of aryl methyl sites for hydroxylation is 2. The SMILES string of the molecule is Cc1cc(C)cc(NC(=O)c2nnn(Cc3ccc(F)cc3Cl)c2N)c1. The number of benzene rings is 2. The number of nitrogens with two attached hydrogens (primary N) is 1. The standard InChI is InChI=1S/C18H17ClFN5O/c1-10-5-11(2)7-14(6-10)22-18(26)16-17(21)25(24-23-16)9-12-3-4-13(20)8-15(12)19/h3-8H,9,21H2,1-2H3,(H,22,26). The van der Waals surface area contributed by atoms with Gasteiger partial charge in [-0.25, -0.2) is 9.07 Å². The van der Waals surface area contributed by atoms with E-state index in [2.05, 4.69) is 15.6 Å². The highest BCUT2D eigenvalue weighted by molar-refractivity contribution is 6.31. The number of carbonyl (C=O) groups excluding carboxylic acids is 1. The molecule has 2 aromatic carbocycles. The Labute approximate surface area is 154 Å². The van der Waals surface area contributed by atoms with Crippen LogP contribution in [0.1, 0.15) is 27.2 Å². The first-order valence-corrected chi connectivity index (χ1v) is 8.24. The summed E-state index contributed by atoms with van der Waals surface area (Å²) in [6.45, 7) is 4.06. The number of hydrogen-bond acceptors (Lipinski definition) is 4. The molecule has 0 bridgehead atoms. The van der Waals surface area contributed by atoms with Gasteiger partial charge in [-0.05, 0) is 54.8 Å². The van der Waals surface area contributed by atoms with Crippen LogP contribution in [-0.4, -0.2) is 20.9 Å². The van der Waals surface area contributed by atoms with Gasteiger partial charge in [0.2, 0.25) is 0 Å². The van der Waals surface area contributed by atoms with Crippen LogP contribution in [0.2, 0.25) is 5.02 Å². The van der Waals surface area contributed by atoms with Gasteiger partial charge in [-0.15, -0.1) is 5.10 Å². The summed E-state index contributed by atoms with van der Waals surface area (Å²) in [6, 6.07) is 9.74. The van der Waals surface area contributed by atoms with Crippen LogP contribution in [0.5, 0.6) is 0 Å². The maximum atomic E-state index is 13.1. The van der Waals surface area contributed by atoms with Crippen molar-refractivity contribution >= 4 is 29.0 Å². The summed E-state index contributed by atoms with van der Waals surface area (Å²) in [5.74, 6) is -0.782. The summed E-state index contributed by atoms with van der Waals surface area (Å²) in [7, 11) is 0. The van der Waals surface area contributed by atoms with Crippen LogP contribution in [0, 0.1) is 19.7 Å². The molecule has 0 spiro atoms. The second kappa shape index (κ2) is 7.13. The molecular formula is C18H17ClFN5O. The number of nitrogen functional groups attached to an aromatic ring is 1. The van der Waals surface area contributed by atoms with Crippen LogP contribution in [-0.2, 0) is 6.54 Å². The van der Waals surface area contributed by atoms with Crippen molar-refractivity contribution in [1.82, 2.24) is 15.0 Å². The highest BCUT2D eigenvalue weighted by Gasteiger charge is 2.18. The average molecular weight is 374 g/mol. The summed E-state index contributed by atoms with van der Waals surface area (Å²) >= 11 is 6.02. The summed E-state index contributed by atoms with van der Waals surface area (Å²) in [5, 5.41) is 10.8. The Balaban J connectivity index is 1.80. The number of anilines is 2. The molecule has 0 saturated carbocycles. The lowest BCUT2D eigenvalue weighted by Gasteiger charge is -2.07. The van der Waals surface area contributed by atoms with Crippen molar-refractivity contribution in [3.8, 4) is 0 Å². The third-order valence-electron chi connectivity index (χ3n) is 3.80. The molecule has 0 aliphatic carbocycles. The molecule has 134 valence electrons. The molecule has 0 unspecified atom stereocenters. The highest BCUT2D eigenvalue weighted by atomic mass is 35.5. The lowest BCUT2D eigenvalue weighted by molar-refractivity contribution is 0.102. The average Bonchev–Trinajstić information content (AvgIpc) is 2.90. The van der Waals surface area contributed by atoms with E-state index in [4.69, 9.17) is 17.3 Å². The van der Waals surface area contributed by atoms with Gasteiger partial charge < -0.3 is 11.1 Å². The molecule has 0 radical (unpaired) electrons.